The highest BCUT2D eigenvalue weighted by Crippen LogP contribution is 2.43. The van der Waals surface area contributed by atoms with Gasteiger partial charge in [0.2, 0.25) is 0 Å². The minimum atomic E-state index is -0.531. The summed E-state index contributed by atoms with van der Waals surface area (Å²) < 4.78 is 4.89. The van der Waals surface area contributed by atoms with E-state index in [0.29, 0.717) is 16.5 Å². The largest absolute Gasteiger partial charge is 0.469 e. The van der Waals surface area contributed by atoms with Crippen LogP contribution in [0, 0.1) is 5.92 Å². The quantitative estimate of drug-likeness (QED) is 0.847. The molecule has 4 unspecified atom stereocenters. The summed E-state index contributed by atoms with van der Waals surface area (Å²) in [7, 11) is 1.39. The Morgan fingerprint density at radius 3 is 2.76 bits per heavy atom. The lowest BCUT2D eigenvalue weighted by molar-refractivity contribution is -0.147. The van der Waals surface area contributed by atoms with Crippen molar-refractivity contribution in [3.05, 3.63) is 28.2 Å². The molecule has 0 radical (unpaired) electrons. The van der Waals surface area contributed by atoms with E-state index in [0.717, 1.165) is 18.5 Å². The van der Waals surface area contributed by atoms with Crippen LogP contribution in [0.15, 0.2) is 18.2 Å². The van der Waals surface area contributed by atoms with Gasteiger partial charge >= 0.3 is 5.97 Å². The summed E-state index contributed by atoms with van der Waals surface area (Å²) in [6.45, 7) is 0. The maximum Gasteiger partial charge on any atom is 0.310 e. The van der Waals surface area contributed by atoms with Crippen molar-refractivity contribution in [3.8, 4) is 0 Å². The maximum absolute atomic E-state index is 12.0. The Labute approximate surface area is 133 Å². The zero-order valence-corrected chi connectivity index (χ0v) is 13.1. The van der Waals surface area contributed by atoms with Gasteiger partial charge in [-0.1, -0.05) is 23.2 Å². The topological polar surface area (TPSA) is 49.8 Å². The highest BCUT2D eigenvalue weighted by molar-refractivity contribution is 6.42. The first-order chi connectivity index (χ1) is 10.0. The second kappa shape index (κ2) is 5.67. The number of piperidine rings is 1. The number of anilines is 1. The molecule has 6 heteroatoms. The molecule has 2 saturated heterocycles. The van der Waals surface area contributed by atoms with E-state index in [1.54, 1.807) is 12.1 Å². The van der Waals surface area contributed by atoms with E-state index in [4.69, 9.17) is 27.9 Å². The number of halogens is 2. The Morgan fingerprint density at radius 1 is 1.33 bits per heavy atom. The molecule has 21 heavy (non-hydrogen) atoms. The number of hydrogen-bond donors (Lipinski definition) is 1. The Kier molecular flexibility index (Phi) is 4.04. The molecule has 0 aliphatic carbocycles. The third-order valence-corrected chi connectivity index (χ3v) is 5.29. The van der Waals surface area contributed by atoms with Crippen LogP contribution >= 0.6 is 23.2 Å². The molecule has 3 rings (SSSR count). The molecule has 114 valence electrons. The van der Waals surface area contributed by atoms with Crippen LogP contribution in [0.3, 0.4) is 0 Å². The fraction of sp³-hybridized carbons (Fsp3) is 0.533. The summed E-state index contributed by atoms with van der Waals surface area (Å²) in [6.07, 6.45) is 1.74. The smallest absolute Gasteiger partial charge is 0.310 e. The number of benzene rings is 1. The van der Waals surface area contributed by atoms with Crippen LogP contribution in [0.2, 0.25) is 10.0 Å². The highest BCUT2D eigenvalue weighted by Gasteiger charge is 2.50. The maximum atomic E-state index is 12.0. The summed E-state index contributed by atoms with van der Waals surface area (Å²) in [4.78, 5) is 14.1. The van der Waals surface area contributed by atoms with Gasteiger partial charge in [0.25, 0.3) is 0 Å². The standard InChI is InChI=1S/C15H17Cl2NO3/c1-21-15(20)10-4-2-9-7-13(19)14(10)18(9)8-3-5-11(16)12(17)6-8/h3,5-6,9-10,13-14,19H,2,4,7H2,1H3. The van der Waals surface area contributed by atoms with E-state index < -0.39 is 6.10 Å². The third-order valence-electron chi connectivity index (χ3n) is 4.55. The van der Waals surface area contributed by atoms with Gasteiger partial charge in [0.15, 0.2) is 0 Å². The Hall–Kier alpha value is -0.970. The van der Waals surface area contributed by atoms with Crippen molar-refractivity contribution in [3.63, 3.8) is 0 Å². The van der Waals surface area contributed by atoms with Crippen molar-refractivity contribution in [2.45, 2.75) is 37.5 Å². The minimum Gasteiger partial charge on any atom is -0.469 e. The zero-order chi connectivity index (χ0) is 15.1. The molecule has 0 saturated carbocycles. The summed E-state index contributed by atoms with van der Waals surface area (Å²) in [5, 5.41) is 11.3. The summed E-state index contributed by atoms with van der Waals surface area (Å²) in [5.41, 5.74) is 0.893. The average molecular weight is 330 g/mol. The fourth-order valence-corrected chi connectivity index (χ4v) is 3.95. The van der Waals surface area contributed by atoms with Gasteiger partial charge in [-0.15, -0.1) is 0 Å². The van der Waals surface area contributed by atoms with Gasteiger partial charge in [-0.05, 0) is 37.5 Å². The molecule has 4 atom stereocenters. The van der Waals surface area contributed by atoms with E-state index in [-0.39, 0.29) is 24.0 Å². The van der Waals surface area contributed by atoms with Crippen LogP contribution in [0.25, 0.3) is 0 Å². The van der Waals surface area contributed by atoms with Gasteiger partial charge in [0, 0.05) is 11.7 Å². The number of carbonyl (C=O) groups is 1. The second-order valence-electron chi connectivity index (χ2n) is 5.66. The molecule has 2 heterocycles. The minimum absolute atomic E-state index is 0.225. The Morgan fingerprint density at radius 2 is 2.10 bits per heavy atom. The molecular formula is C15H17Cl2NO3. The highest BCUT2D eigenvalue weighted by atomic mass is 35.5. The van der Waals surface area contributed by atoms with Gasteiger partial charge in [-0.2, -0.15) is 0 Å². The van der Waals surface area contributed by atoms with Crippen molar-refractivity contribution in [2.24, 2.45) is 5.92 Å². The molecule has 2 bridgehead atoms. The molecule has 2 fully saturated rings. The van der Waals surface area contributed by atoms with Crippen molar-refractivity contribution in [1.82, 2.24) is 0 Å². The Balaban J connectivity index is 1.97. The number of methoxy groups -OCH3 is 1. The monoisotopic (exact) mass is 329 g/mol. The summed E-state index contributed by atoms with van der Waals surface area (Å²) >= 11 is 12.1. The van der Waals surface area contributed by atoms with E-state index in [1.807, 2.05) is 6.07 Å². The molecular weight excluding hydrogens is 313 g/mol. The van der Waals surface area contributed by atoms with Crippen molar-refractivity contribution >= 4 is 34.9 Å². The molecule has 1 aromatic carbocycles. The molecule has 2 aliphatic heterocycles. The normalized spacial score (nSPS) is 31.3. The second-order valence-corrected chi connectivity index (χ2v) is 6.47. The fourth-order valence-electron chi connectivity index (χ4n) is 3.66. The van der Waals surface area contributed by atoms with Crippen LogP contribution in [0.4, 0.5) is 5.69 Å². The van der Waals surface area contributed by atoms with Crippen LogP contribution in [-0.4, -0.2) is 36.4 Å². The van der Waals surface area contributed by atoms with E-state index in [2.05, 4.69) is 4.90 Å². The van der Waals surface area contributed by atoms with E-state index in [9.17, 15) is 9.90 Å². The molecule has 0 spiro atoms. The van der Waals surface area contributed by atoms with Crippen LogP contribution in [0.5, 0.6) is 0 Å². The third kappa shape index (κ3) is 2.50. The van der Waals surface area contributed by atoms with Gasteiger partial charge in [0.05, 0.1) is 35.2 Å². The first-order valence-corrected chi connectivity index (χ1v) is 7.77. The number of carbonyl (C=O) groups excluding carboxylic acids is 1. The zero-order valence-electron chi connectivity index (χ0n) is 11.6. The van der Waals surface area contributed by atoms with Crippen LogP contribution < -0.4 is 4.90 Å². The number of rotatable bonds is 2. The lowest BCUT2D eigenvalue weighted by Gasteiger charge is -2.41. The average Bonchev–Trinajstić information content (AvgIpc) is 2.70. The molecule has 0 amide bonds. The van der Waals surface area contributed by atoms with Gasteiger partial charge in [-0.25, -0.2) is 0 Å². The number of hydrogen-bond acceptors (Lipinski definition) is 4. The van der Waals surface area contributed by atoms with Gasteiger partial charge in [-0.3, -0.25) is 4.79 Å². The summed E-state index contributed by atoms with van der Waals surface area (Å²) in [6, 6.07) is 5.39. The van der Waals surface area contributed by atoms with Crippen LogP contribution in [-0.2, 0) is 9.53 Å². The van der Waals surface area contributed by atoms with E-state index in [1.165, 1.54) is 7.11 Å². The predicted octanol–water partition coefficient (Wildman–Crippen LogP) is 2.88. The number of aliphatic hydroxyl groups is 1. The first kappa shape index (κ1) is 14.9. The number of ether oxygens (including phenoxy) is 1. The van der Waals surface area contributed by atoms with Crippen LogP contribution in [0.1, 0.15) is 19.3 Å². The number of fused-ring (bicyclic) bond motifs is 2. The Bertz CT molecular complexity index is 566. The lowest BCUT2D eigenvalue weighted by atomic mass is 9.89. The van der Waals surface area contributed by atoms with Crippen molar-refractivity contribution in [2.75, 3.05) is 12.0 Å². The van der Waals surface area contributed by atoms with Crippen molar-refractivity contribution in [1.29, 1.82) is 0 Å². The number of aliphatic hydroxyl groups excluding tert-OH is 1. The van der Waals surface area contributed by atoms with Gasteiger partial charge < -0.3 is 14.7 Å². The number of esters is 1. The van der Waals surface area contributed by atoms with Gasteiger partial charge in [0.1, 0.15) is 0 Å². The SMILES string of the molecule is COC(=O)C1CCC2CC(O)C1N2c1ccc(Cl)c(Cl)c1. The molecule has 1 aromatic rings. The van der Waals surface area contributed by atoms with E-state index >= 15 is 0 Å². The molecule has 4 nitrogen and oxygen atoms in total. The molecule has 2 aliphatic rings. The lowest BCUT2D eigenvalue weighted by Crippen LogP contribution is -2.50. The predicted molar refractivity (Wildman–Crippen MR) is 81.9 cm³/mol. The first-order valence-electron chi connectivity index (χ1n) is 7.02. The molecule has 1 N–H and O–H groups in total. The van der Waals surface area contributed by atoms with Crippen molar-refractivity contribution < 1.29 is 14.6 Å². The summed E-state index contributed by atoms with van der Waals surface area (Å²) in [5.74, 6) is -0.567. The number of nitrogens with zero attached hydrogens (tertiary/aromatic N) is 1. The molecule has 0 aromatic heterocycles.